The van der Waals surface area contributed by atoms with Crippen molar-refractivity contribution in [3.05, 3.63) is 76.6 Å². The van der Waals surface area contributed by atoms with Crippen LogP contribution in [0.5, 0.6) is 0 Å². The van der Waals surface area contributed by atoms with Crippen molar-refractivity contribution >= 4 is 40.9 Å². The molecule has 4 rings (SSSR count). The molecule has 2 atom stereocenters. The van der Waals surface area contributed by atoms with Gasteiger partial charge in [0.15, 0.2) is 0 Å². The van der Waals surface area contributed by atoms with Gasteiger partial charge in [-0.1, -0.05) is 54.8 Å². The number of alkyl carbamates (subject to hydrolysis) is 1. The third-order valence-electron chi connectivity index (χ3n) is 7.07. The third-order valence-corrected chi connectivity index (χ3v) is 7.36. The number of carbonyl (C=O) groups is 2. The summed E-state index contributed by atoms with van der Waals surface area (Å²) in [7, 11) is 0. The van der Waals surface area contributed by atoms with Crippen LogP contribution in [0.15, 0.2) is 54.9 Å². The molecule has 1 aliphatic carbocycles. The molecule has 3 aromatic rings. The zero-order chi connectivity index (χ0) is 30.5. The molecule has 1 aromatic carbocycles. The number of pyridine rings is 2. The Morgan fingerprint density at radius 3 is 2.31 bits per heavy atom. The van der Waals surface area contributed by atoms with Gasteiger partial charge in [-0.25, -0.2) is 9.78 Å². The summed E-state index contributed by atoms with van der Waals surface area (Å²) in [6.45, 7) is 11.3. The molecule has 0 saturated heterocycles. The summed E-state index contributed by atoms with van der Waals surface area (Å²) in [4.78, 5) is 35.3. The van der Waals surface area contributed by atoms with Crippen molar-refractivity contribution < 1.29 is 14.3 Å². The van der Waals surface area contributed by atoms with Gasteiger partial charge in [-0.05, 0) is 77.6 Å². The van der Waals surface area contributed by atoms with Gasteiger partial charge in [0.1, 0.15) is 17.2 Å². The fourth-order valence-electron chi connectivity index (χ4n) is 5.01. The van der Waals surface area contributed by atoms with Crippen molar-refractivity contribution in [3.63, 3.8) is 0 Å². The monoisotopic (exact) mass is 592 g/mol. The van der Waals surface area contributed by atoms with Crippen LogP contribution < -0.4 is 21.3 Å². The van der Waals surface area contributed by atoms with Gasteiger partial charge < -0.3 is 26.0 Å². The highest BCUT2D eigenvalue weighted by Crippen LogP contribution is 2.32. The second kappa shape index (κ2) is 13.0. The Labute approximate surface area is 253 Å². The van der Waals surface area contributed by atoms with Crippen molar-refractivity contribution in [1.29, 1.82) is 0 Å². The molecule has 2 heterocycles. The molecule has 4 N–H and O–H groups in total. The fraction of sp³-hybridized carbons (Fsp3) is 0.438. The van der Waals surface area contributed by atoms with Crippen LogP contribution in [-0.2, 0) is 10.3 Å². The molecule has 1 fully saturated rings. The van der Waals surface area contributed by atoms with Crippen LogP contribution in [0.25, 0.3) is 0 Å². The van der Waals surface area contributed by atoms with Crippen LogP contribution in [0.3, 0.4) is 0 Å². The largest absolute Gasteiger partial charge is 0.444 e. The molecular weight excluding hydrogens is 552 g/mol. The molecule has 1 saturated carbocycles. The number of hydrogen-bond acceptors (Lipinski definition) is 7. The maximum absolute atomic E-state index is 13.7. The standard InChI is InChI=1S/C32H41ClN6O3/c1-20-16-22(19-34-18-20)35-27-23(29(40)39-32(5,6)21-12-8-7-9-13-21)17-24(33)28(38-27)36-25-14-10-11-15-26(25)37-30(41)42-31(2,3)4/h7-9,12-13,16-19,25-26H,10-11,14-15H2,1-6H3,(H,37,41)(H,39,40)(H2,35,36,38)/t25-,26+/m0/s1. The van der Waals surface area contributed by atoms with Crippen molar-refractivity contribution in [2.75, 3.05) is 10.6 Å². The van der Waals surface area contributed by atoms with Gasteiger partial charge in [0.25, 0.3) is 5.91 Å². The first kappa shape index (κ1) is 31.1. The van der Waals surface area contributed by atoms with E-state index in [1.54, 1.807) is 18.5 Å². The Bertz CT molecular complexity index is 1410. The lowest BCUT2D eigenvalue weighted by molar-refractivity contribution is 0.0488. The van der Waals surface area contributed by atoms with E-state index in [2.05, 4.69) is 26.3 Å². The van der Waals surface area contributed by atoms with Crippen LogP contribution >= 0.6 is 11.6 Å². The van der Waals surface area contributed by atoms with Crippen molar-refractivity contribution in [2.24, 2.45) is 0 Å². The van der Waals surface area contributed by atoms with E-state index < -0.39 is 17.2 Å². The highest BCUT2D eigenvalue weighted by molar-refractivity contribution is 6.33. The number of rotatable bonds is 8. The first-order valence-electron chi connectivity index (χ1n) is 14.3. The number of amides is 2. The highest BCUT2D eigenvalue weighted by atomic mass is 35.5. The smallest absolute Gasteiger partial charge is 0.407 e. The zero-order valence-electron chi connectivity index (χ0n) is 25.2. The molecule has 10 heteroatoms. The van der Waals surface area contributed by atoms with Gasteiger partial charge in [-0.3, -0.25) is 9.78 Å². The van der Waals surface area contributed by atoms with Crippen molar-refractivity contribution in [3.8, 4) is 0 Å². The quantitative estimate of drug-likeness (QED) is 0.220. The minimum absolute atomic E-state index is 0.124. The summed E-state index contributed by atoms with van der Waals surface area (Å²) in [6, 6.07) is 13.0. The number of nitrogens with zero attached hydrogens (tertiary/aromatic N) is 2. The molecule has 0 radical (unpaired) electrons. The van der Waals surface area contributed by atoms with E-state index in [0.29, 0.717) is 27.9 Å². The summed E-state index contributed by atoms with van der Waals surface area (Å²) in [5.41, 5.74) is 1.67. The maximum Gasteiger partial charge on any atom is 0.407 e. The molecule has 2 aromatic heterocycles. The lowest BCUT2D eigenvalue weighted by Gasteiger charge is -2.34. The Balaban J connectivity index is 1.63. The fourth-order valence-corrected chi connectivity index (χ4v) is 5.21. The minimum atomic E-state index is -0.646. The van der Waals surface area contributed by atoms with E-state index in [1.165, 1.54) is 0 Å². The summed E-state index contributed by atoms with van der Waals surface area (Å²) in [6.07, 6.45) is 6.57. The number of benzene rings is 1. The number of hydrogen-bond donors (Lipinski definition) is 4. The molecule has 0 aliphatic heterocycles. The average molecular weight is 593 g/mol. The molecule has 0 spiro atoms. The maximum atomic E-state index is 13.7. The van der Waals surface area contributed by atoms with E-state index in [9.17, 15) is 9.59 Å². The molecule has 0 bridgehead atoms. The van der Waals surface area contributed by atoms with Gasteiger partial charge in [0, 0.05) is 12.2 Å². The topological polar surface area (TPSA) is 117 Å². The van der Waals surface area contributed by atoms with Gasteiger partial charge in [0.2, 0.25) is 0 Å². The molecule has 42 heavy (non-hydrogen) atoms. The van der Waals surface area contributed by atoms with Crippen LogP contribution in [-0.4, -0.2) is 39.7 Å². The molecule has 2 amide bonds. The van der Waals surface area contributed by atoms with Crippen molar-refractivity contribution in [2.45, 2.75) is 90.4 Å². The SMILES string of the molecule is Cc1cncc(Nc2nc(N[C@H]3CCCC[C@H]3NC(=O)OC(C)(C)C)c(Cl)cc2C(=O)NC(C)(C)c2ccccc2)c1. The molecule has 224 valence electrons. The van der Waals surface area contributed by atoms with E-state index in [-0.39, 0.29) is 18.0 Å². The van der Waals surface area contributed by atoms with Crippen LogP contribution in [0.4, 0.5) is 22.1 Å². The number of aryl methyl sites for hydroxylation is 1. The average Bonchev–Trinajstić information content (AvgIpc) is 2.90. The first-order chi connectivity index (χ1) is 19.8. The molecule has 1 aliphatic rings. The van der Waals surface area contributed by atoms with Crippen LogP contribution in [0.2, 0.25) is 5.02 Å². The number of aromatic nitrogens is 2. The summed E-state index contributed by atoms with van der Waals surface area (Å²) in [5.74, 6) is 0.430. The number of ether oxygens (including phenoxy) is 1. The van der Waals surface area contributed by atoms with Crippen LogP contribution in [0, 0.1) is 6.92 Å². The van der Waals surface area contributed by atoms with Crippen LogP contribution in [0.1, 0.15) is 81.8 Å². The number of nitrogens with one attached hydrogen (secondary N) is 4. The number of carbonyl (C=O) groups excluding carboxylic acids is 2. The Hall–Kier alpha value is -3.85. The summed E-state index contributed by atoms with van der Waals surface area (Å²) >= 11 is 6.76. The lowest BCUT2D eigenvalue weighted by atomic mass is 9.90. The summed E-state index contributed by atoms with van der Waals surface area (Å²) in [5, 5.41) is 13.2. The van der Waals surface area contributed by atoms with E-state index in [0.717, 1.165) is 36.8 Å². The van der Waals surface area contributed by atoms with E-state index >= 15 is 0 Å². The second-order valence-corrected chi connectivity index (χ2v) is 12.7. The number of halogens is 1. The van der Waals surface area contributed by atoms with Gasteiger partial charge in [0.05, 0.1) is 34.1 Å². The zero-order valence-corrected chi connectivity index (χ0v) is 25.9. The lowest BCUT2D eigenvalue weighted by Crippen LogP contribution is -2.50. The van der Waals surface area contributed by atoms with Crippen molar-refractivity contribution in [1.82, 2.24) is 20.6 Å². The predicted molar refractivity (Wildman–Crippen MR) is 167 cm³/mol. The van der Waals surface area contributed by atoms with Gasteiger partial charge >= 0.3 is 6.09 Å². The normalized spacial score (nSPS) is 17.2. The molecular formula is C32H41ClN6O3. The number of anilines is 3. The summed E-state index contributed by atoms with van der Waals surface area (Å²) < 4.78 is 5.49. The van der Waals surface area contributed by atoms with Gasteiger partial charge in [-0.2, -0.15) is 0 Å². The Morgan fingerprint density at radius 2 is 1.64 bits per heavy atom. The third kappa shape index (κ3) is 8.35. The first-order valence-corrected chi connectivity index (χ1v) is 14.7. The minimum Gasteiger partial charge on any atom is -0.444 e. The Morgan fingerprint density at radius 1 is 0.952 bits per heavy atom. The predicted octanol–water partition coefficient (Wildman–Crippen LogP) is 7.09. The van der Waals surface area contributed by atoms with E-state index in [1.807, 2.05) is 77.9 Å². The Kier molecular flexibility index (Phi) is 9.61. The highest BCUT2D eigenvalue weighted by Gasteiger charge is 2.30. The van der Waals surface area contributed by atoms with E-state index in [4.69, 9.17) is 21.3 Å². The van der Waals surface area contributed by atoms with Gasteiger partial charge in [-0.15, -0.1) is 0 Å². The molecule has 9 nitrogen and oxygen atoms in total. The molecule has 0 unspecified atom stereocenters. The second-order valence-electron chi connectivity index (χ2n) is 12.3.